The third-order valence-electron chi connectivity index (χ3n) is 7.58. The molecule has 1 aliphatic carbocycles. The molecule has 1 saturated carbocycles. The molecule has 1 spiro atoms. The molecule has 5 heteroatoms. The Hall–Kier alpha value is -1.36. The zero-order chi connectivity index (χ0) is 19.4. The number of carbonyl (C=O) groups excluding carboxylic acids is 1. The summed E-state index contributed by atoms with van der Waals surface area (Å²) in [5, 5.41) is 4.31. The molecule has 28 heavy (non-hydrogen) atoms. The van der Waals surface area contributed by atoms with Crippen LogP contribution in [0.2, 0.25) is 0 Å². The maximum Gasteiger partial charge on any atom is 0.224 e. The molecule has 1 aromatic heterocycles. The molecule has 2 saturated heterocycles. The van der Waals surface area contributed by atoms with E-state index in [0.717, 1.165) is 24.7 Å². The van der Waals surface area contributed by atoms with Crippen molar-refractivity contribution in [2.75, 3.05) is 32.7 Å². The molecule has 0 N–H and O–H groups in total. The van der Waals surface area contributed by atoms with Crippen molar-refractivity contribution in [3.05, 3.63) is 18.0 Å². The van der Waals surface area contributed by atoms with E-state index in [0.29, 0.717) is 24.3 Å². The summed E-state index contributed by atoms with van der Waals surface area (Å²) in [6.07, 6.45) is 14.8. The van der Waals surface area contributed by atoms with Crippen molar-refractivity contribution in [3.63, 3.8) is 0 Å². The van der Waals surface area contributed by atoms with Gasteiger partial charge in [-0.05, 0) is 57.7 Å². The molecule has 1 unspecified atom stereocenters. The van der Waals surface area contributed by atoms with E-state index >= 15 is 0 Å². The maximum atomic E-state index is 12.8. The molecular weight excluding hydrogens is 348 g/mol. The van der Waals surface area contributed by atoms with E-state index in [2.05, 4.69) is 14.9 Å². The normalized spacial score (nSPS) is 27.0. The van der Waals surface area contributed by atoms with E-state index in [1.807, 2.05) is 23.9 Å². The lowest BCUT2D eigenvalue weighted by molar-refractivity contribution is -0.131. The number of hydrogen-bond donors (Lipinski definition) is 0. The molecule has 4 rings (SSSR count). The molecule has 3 fully saturated rings. The van der Waals surface area contributed by atoms with Gasteiger partial charge in [-0.15, -0.1) is 0 Å². The van der Waals surface area contributed by atoms with Crippen molar-refractivity contribution in [2.45, 2.75) is 77.7 Å². The molecule has 2 aliphatic heterocycles. The first kappa shape index (κ1) is 19.9. The van der Waals surface area contributed by atoms with Crippen molar-refractivity contribution in [2.24, 2.45) is 11.3 Å². The molecular formula is C23H38N4O. The van der Waals surface area contributed by atoms with Gasteiger partial charge in [-0.3, -0.25) is 9.48 Å². The number of hydrogen-bond acceptors (Lipinski definition) is 3. The number of aromatic nitrogens is 2. The van der Waals surface area contributed by atoms with Crippen molar-refractivity contribution in [3.8, 4) is 0 Å². The van der Waals surface area contributed by atoms with Crippen LogP contribution in [-0.4, -0.2) is 58.2 Å². The van der Waals surface area contributed by atoms with Gasteiger partial charge in [0.15, 0.2) is 0 Å². The third kappa shape index (κ3) is 4.79. The second-order valence-corrected chi connectivity index (χ2v) is 9.68. The molecule has 3 aliphatic rings. The van der Waals surface area contributed by atoms with Gasteiger partial charge in [0.1, 0.15) is 0 Å². The fourth-order valence-electron chi connectivity index (χ4n) is 5.82. The van der Waals surface area contributed by atoms with Crippen molar-refractivity contribution >= 4 is 5.91 Å². The summed E-state index contributed by atoms with van der Waals surface area (Å²) < 4.78 is 1.94. The largest absolute Gasteiger partial charge is 0.342 e. The summed E-state index contributed by atoms with van der Waals surface area (Å²) in [6, 6.07) is 2.00. The van der Waals surface area contributed by atoms with Gasteiger partial charge >= 0.3 is 0 Å². The topological polar surface area (TPSA) is 41.4 Å². The summed E-state index contributed by atoms with van der Waals surface area (Å²) >= 11 is 0. The third-order valence-corrected chi connectivity index (χ3v) is 7.58. The Labute approximate surface area is 170 Å². The second-order valence-electron chi connectivity index (χ2n) is 9.68. The average Bonchev–Trinajstić information content (AvgIpc) is 3.32. The standard InChI is InChI=1S/C23H38N4O/c1-20-8-13-24-27(20)16-10-22(28)26-17-12-23(19-26)11-5-14-25(18-23)15-9-21-6-3-2-4-7-21/h8,13,21H,2-7,9-12,14-19H2,1H3. The molecule has 5 nitrogen and oxygen atoms in total. The molecule has 0 bridgehead atoms. The van der Waals surface area contributed by atoms with Crippen LogP contribution < -0.4 is 0 Å². The average molecular weight is 387 g/mol. The highest BCUT2D eigenvalue weighted by Gasteiger charge is 2.42. The fourth-order valence-corrected chi connectivity index (χ4v) is 5.82. The highest BCUT2D eigenvalue weighted by Crippen LogP contribution is 2.39. The number of amides is 1. The Morgan fingerprint density at radius 1 is 1.11 bits per heavy atom. The fraction of sp³-hybridized carbons (Fsp3) is 0.826. The lowest BCUT2D eigenvalue weighted by atomic mass is 9.79. The summed E-state index contributed by atoms with van der Waals surface area (Å²) in [6.45, 7) is 8.43. The minimum absolute atomic E-state index is 0.311. The van der Waals surface area contributed by atoms with Crippen LogP contribution in [0.5, 0.6) is 0 Å². The van der Waals surface area contributed by atoms with Gasteiger partial charge in [0.2, 0.25) is 5.91 Å². The first-order valence-corrected chi connectivity index (χ1v) is 11.6. The predicted octanol–water partition coefficient (Wildman–Crippen LogP) is 3.87. The van der Waals surface area contributed by atoms with E-state index in [1.165, 1.54) is 77.4 Å². The maximum absolute atomic E-state index is 12.8. The molecule has 1 amide bonds. The van der Waals surface area contributed by atoms with Crippen molar-refractivity contribution in [1.82, 2.24) is 19.6 Å². The van der Waals surface area contributed by atoms with E-state index in [1.54, 1.807) is 0 Å². The van der Waals surface area contributed by atoms with Crippen LogP contribution in [0.1, 0.15) is 69.9 Å². The monoisotopic (exact) mass is 386 g/mol. The number of piperidine rings is 1. The van der Waals surface area contributed by atoms with Gasteiger partial charge in [0.05, 0.1) is 0 Å². The quantitative estimate of drug-likeness (QED) is 0.745. The molecule has 3 heterocycles. The summed E-state index contributed by atoms with van der Waals surface area (Å²) in [5.41, 5.74) is 1.49. The number of nitrogens with zero attached hydrogens (tertiary/aromatic N) is 4. The highest BCUT2D eigenvalue weighted by molar-refractivity contribution is 5.76. The Morgan fingerprint density at radius 2 is 1.96 bits per heavy atom. The second kappa shape index (κ2) is 8.98. The van der Waals surface area contributed by atoms with Crippen LogP contribution in [0.25, 0.3) is 0 Å². The Balaban J connectivity index is 1.24. The van der Waals surface area contributed by atoms with Gasteiger partial charge in [-0.25, -0.2) is 0 Å². The van der Waals surface area contributed by atoms with Crippen molar-refractivity contribution in [1.29, 1.82) is 0 Å². The smallest absolute Gasteiger partial charge is 0.224 e. The number of rotatable bonds is 6. The van der Waals surface area contributed by atoms with Crippen LogP contribution in [0.15, 0.2) is 12.3 Å². The van der Waals surface area contributed by atoms with Gasteiger partial charge in [0.25, 0.3) is 0 Å². The zero-order valence-corrected chi connectivity index (χ0v) is 17.7. The Morgan fingerprint density at radius 3 is 2.75 bits per heavy atom. The van der Waals surface area contributed by atoms with E-state index in [9.17, 15) is 4.79 Å². The first-order chi connectivity index (χ1) is 13.6. The highest BCUT2D eigenvalue weighted by atomic mass is 16.2. The van der Waals surface area contributed by atoms with Crippen LogP contribution in [0, 0.1) is 18.3 Å². The van der Waals surface area contributed by atoms with Gasteiger partial charge < -0.3 is 9.80 Å². The van der Waals surface area contributed by atoms with E-state index in [4.69, 9.17) is 0 Å². The molecule has 1 atom stereocenters. The number of likely N-dealkylation sites (tertiary alicyclic amines) is 2. The van der Waals surface area contributed by atoms with Crippen LogP contribution in [0.4, 0.5) is 0 Å². The molecule has 0 aromatic carbocycles. The minimum Gasteiger partial charge on any atom is -0.342 e. The SMILES string of the molecule is Cc1ccnn1CCC(=O)N1CCC2(CCCN(CCC3CCCCC3)C2)C1. The first-order valence-electron chi connectivity index (χ1n) is 11.6. The molecule has 0 radical (unpaired) electrons. The number of aryl methyl sites for hydroxylation is 2. The Bertz CT molecular complexity index is 651. The molecule has 156 valence electrons. The van der Waals surface area contributed by atoms with E-state index in [-0.39, 0.29) is 0 Å². The minimum atomic E-state index is 0.311. The lowest BCUT2D eigenvalue weighted by Crippen LogP contribution is -2.46. The summed E-state index contributed by atoms with van der Waals surface area (Å²) in [5.74, 6) is 1.28. The summed E-state index contributed by atoms with van der Waals surface area (Å²) in [7, 11) is 0. The Kier molecular flexibility index (Phi) is 6.39. The van der Waals surface area contributed by atoms with Crippen LogP contribution in [0.3, 0.4) is 0 Å². The number of carbonyl (C=O) groups is 1. The van der Waals surface area contributed by atoms with Crippen LogP contribution in [-0.2, 0) is 11.3 Å². The summed E-state index contributed by atoms with van der Waals surface area (Å²) in [4.78, 5) is 17.6. The van der Waals surface area contributed by atoms with Gasteiger partial charge in [-0.1, -0.05) is 32.1 Å². The molecule has 1 aromatic rings. The van der Waals surface area contributed by atoms with Gasteiger partial charge in [-0.2, -0.15) is 5.10 Å². The predicted molar refractivity (Wildman–Crippen MR) is 112 cm³/mol. The zero-order valence-electron chi connectivity index (χ0n) is 17.7. The van der Waals surface area contributed by atoms with Crippen LogP contribution >= 0.6 is 0 Å². The lowest BCUT2D eigenvalue weighted by Gasteiger charge is -2.41. The van der Waals surface area contributed by atoms with Gasteiger partial charge in [0, 0.05) is 49.9 Å². The van der Waals surface area contributed by atoms with Crippen molar-refractivity contribution < 1.29 is 4.79 Å². The van der Waals surface area contributed by atoms with E-state index < -0.39 is 0 Å².